The van der Waals surface area contributed by atoms with Gasteiger partial charge in [-0.15, -0.1) is 11.3 Å². The molecule has 0 aliphatic carbocycles. The average Bonchev–Trinajstić information content (AvgIpc) is 2.88. The lowest BCUT2D eigenvalue weighted by Gasteiger charge is -2.07. The molecule has 0 aliphatic rings. The van der Waals surface area contributed by atoms with E-state index >= 15 is 0 Å². The zero-order valence-electron chi connectivity index (χ0n) is 12.0. The summed E-state index contributed by atoms with van der Waals surface area (Å²) in [4.78, 5) is 2.49. The molecule has 2 rings (SSSR count). The van der Waals surface area contributed by atoms with Crippen LogP contribution in [0.3, 0.4) is 0 Å². The van der Waals surface area contributed by atoms with Crippen molar-refractivity contribution in [2.24, 2.45) is 0 Å². The number of aryl methyl sites for hydroxylation is 1. The highest BCUT2D eigenvalue weighted by molar-refractivity contribution is 7.89. The molecule has 114 valence electrons. The first kappa shape index (κ1) is 16.2. The summed E-state index contributed by atoms with van der Waals surface area (Å²) >= 11 is 1.73. The van der Waals surface area contributed by atoms with Crippen LogP contribution in [0.1, 0.15) is 15.3 Å². The number of benzene rings is 1. The molecule has 4 nitrogen and oxygen atoms in total. The maximum absolute atomic E-state index is 11.9. The molecule has 21 heavy (non-hydrogen) atoms. The molecule has 2 N–H and O–H groups in total. The Hall–Kier alpha value is -1.21. The number of hydrogen-bond acceptors (Lipinski definition) is 4. The van der Waals surface area contributed by atoms with Crippen LogP contribution in [0, 0.1) is 6.92 Å². The van der Waals surface area contributed by atoms with E-state index in [1.165, 1.54) is 9.75 Å². The van der Waals surface area contributed by atoms with Crippen LogP contribution in [0.15, 0.2) is 42.5 Å². The topological polar surface area (TPSA) is 58.2 Å². The monoisotopic (exact) mass is 324 g/mol. The van der Waals surface area contributed by atoms with Gasteiger partial charge < -0.3 is 5.32 Å². The van der Waals surface area contributed by atoms with Crippen LogP contribution in [0.5, 0.6) is 0 Å². The predicted octanol–water partition coefficient (Wildman–Crippen LogP) is 2.27. The molecule has 0 bridgehead atoms. The summed E-state index contributed by atoms with van der Waals surface area (Å²) < 4.78 is 26.4. The molecule has 0 unspecified atom stereocenters. The number of hydrogen-bond donors (Lipinski definition) is 2. The van der Waals surface area contributed by atoms with E-state index in [9.17, 15) is 8.42 Å². The van der Waals surface area contributed by atoms with E-state index in [4.69, 9.17) is 0 Å². The van der Waals surface area contributed by atoms with Gasteiger partial charge >= 0.3 is 0 Å². The molecular formula is C15H20N2O2S2. The fourth-order valence-corrected chi connectivity index (χ4v) is 3.66. The molecule has 1 aromatic heterocycles. The summed E-state index contributed by atoms with van der Waals surface area (Å²) in [5.74, 6) is 0.0875. The minimum absolute atomic E-state index is 0.0875. The molecule has 2 aromatic rings. The highest BCUT2D eigenvalue weighted by Crippen LogP contribution is 2.14. The zero-order valence-corrected chi connectivity index (χ0v) is 13.6. The fraction of sp³-hybridized carbons (Fsp3) is 0.333. The Morgan fingerprint density at radius 2 is 1.81 bits per heavy atom. The van der Waals surface area contributed by atoms with Crippen molar-refractivity contribution < 1.29 is 8.42 Å². The predicted molar refractivity (Wildman–Crippen MR) is 87.8 cm³/mol. The third-order valence-electron chi connectivity index (χ3n) is 2.98. The molecule has 0 atom stereocenters. The summed E-state index contributed by atoms with van der Waals surface area (Å²) in [5, 5.41) is 3.16. The van der Waals surface area contributed by atoms with Crippen molar-refractivity contribution in [2.45, 2.75) is 20.0 Å². The van der Waals surface area contributed by atoms with Crippen LogP contribution in [-0.4, -0.2) is 20.7 Å². The van der Waals surface area contributed by atoms with Crippen molar-refractivity contribution in [3.8, 4) is 0 Å². The summed E-state index contributed by atoms with van der Waals surface area (Å²) in [7, 11) is -3.24. The summed E-state index contributed by atoms with van der Waals surface area (Å²) in [6.07, 6.45) is 0. The van der Waals surface area contributed by atoms with Gasteiger partial charge in [0, 0.05) is 29.4 Å². The molecule has 0 saturated carbocycles. The third-order valence-corrected chi connectivity index (χ3v) is 5.31. The molecule has 0 saturated heterocycles. The first-order valence-electron chi connectivity index (χ1n) is 6.82. The van der Waals surface area contributed by atoms with E-state index in [1.807, 2.05) is 30.3 Å². The van der Waals surface area contributed by atoms with Crippen molar-refractivity contribution in [2.75, 3.05) is 12.3 Å². The Morgan fingerprint density at radius 3 is 2.48 bits per heavy atom. The SMILES string of the molecule is Cc1ccc(CNCCS(=O)(=O)NCc2ccccc2)s1. The van der Waals surface area contributed by atoms with E-state index in [0.717, 1.165) is 5.56 Å². The molecule has 0 radical (unpaired) electrons. The standard InChI is InChI=1S/C15H20N2O2S2/c1-13-7-8-15(20-13)12-16-9-10-21(18,19)17-11-14-5-3-2-4-6-14/h2-8,16-17H,9-12H2,1H3. The van der Waals surface area contributed by atoms with E-state index in [0.29, 0.717) is 19.6 Å². The largest absolute Gasteiger partial charge is 0.311 e. The van der Waals surface area contributed by atoms with Gasteiger partial charge in [0.15, 0.2) is 0 Å². The molecule has 0 aliphatic heterocycles. The normalized spacial score (nSPS) is 11.7. The summed E-state index contributed by atoms with van der Waals surface area (Å²) in [6.45, 7) is 3.56. The summed E-state index contributed by atoms with van der Waals surface area (Å²) in [6, 6.07) is 13.6. The van der Waals surface area contributed by atoms with Gasteiger partial charge in [-0.3, -0.25) is 0 Å². The van der Waals surface area contributed by atoms with Crippen LogP contribution in [0.25, 0.3) is 0 Å². The van der Waals surface area contributed by atoms with E-state index < -0.39 is 10.0 Å². The second-order valence-corrected chi connectivity index (χ2v) is 8.11. The van der Waals surface area contributed by atoms with Crippen molar-refractivity contribution in [3.63, 3.8) is 0 Å². The van der Waals surface area contributed by atoms with E-state index in [2.05, 4.69) is 29.1 Å². The number of thiophene rings is 1. The second kappa shape index (κ2) is 7.70. The van der Waals surface area contributed by atoms with Crippen molar-refractivity contribution in [1.29, 1.82) is 0 Å². The van der Waals surface area contributed by atoms with E-state index in [-0.39, 0.29) is 5.75 Å². The maximum atomic E-state index is 11.9. The minimum atomic E-state index is -3.24. The molecule has 0 fully saturated rings. The highest BCUT2D eigenvalue weighted by Gasteiger charge is 2.09. The smallest absolute Gasteiger partial charge is 0.213 e. The van der Waals surface area contributed by atoms with Gasteiger partial charge in [0.1, 0.15) is 0 Å². The Labute approximate surface area is 130 Å². The maximum Gasteiger partial charge on any atom is 0.213 e. The van der Waals surface area contributed by atoms with Gasteiger partial charge in [-0.1, -0.05) is 30.3 Å². The quantitative estimate of drug-likeness (QED) is 0.732. The average molecular weight is 324 g/mol. The van der Waals surface area contributed by atoms with Crippen LogP contribution in [-0.2, 0) is 23.1 Å². The van der Waals surface area contributed by atoms with Gasteiger partial charge in [0.25, 0.3) is 0 Å². The lowest BCUT2D eigenvalue weighted by molar-refractivity contribution is 0.576. The Morgan fingerprint density at radius 1 is 1.05 bits per heavy atom. The van der Waals surface area contributed by atoms with Crippen LogP contribution >= 0.6 is 11.3 Å². The van der Waals surface area contributed by atoms with Gasteiger partial charge in [0.05, 0.1) is 5.75 Å². The van der Waals surface area contributed by atoms with E-state index in [1.54, 1.807) is 11.3 Å². The first-order chi connectivity index (χ1) is 10.1. The van der Waals surface area contributed by atoms with Gasteiger partial charge in [-0.2, -0.15) is 0 Å². The third kappa shape index (κ3) is 5.97. The fourth-order valence-electron chi connectivity index (χ4n) is 1.86. The number of sulfonamides is 1. The molecule has 6 heteroatoms. The molecule has 1 aromatic carbocycles. The van der Waals surface area contributed by atoms with Crippen LogP contribution in [0.4, 0.5) is 0 Å². The Balaban J connectivity index is 1.69. The number of rotatable bonds is 8. The van der Waals surface area contributed by atoms with Crippen molar-refractivity contribution >= 4 is 21.4 Å². The lowest BCUT2D eigenvalue weighted by atomic mass is 10.2. The minimum Gasteiger partial charge on any atom is -0.311 e. The number of nitrogens with one attached hydrogen (secondary N) is 2. The van der Waals surface area contributed by atoms with Gasteiger partial charge in [-0.05, 0) is 24.6 Å². The molecule has 0 amide bonds. The Kier molecular flexibility index (Phi) is 5.93. The van der Waals surface area contributed by atoms with Gasteiger partial charge in [0.2, 0.25) is 10.0 Å². The van der Waals surface area contributed by atoms with Crippen LogP contribution < -0.4 is 10.0 Å². The molecule has 1 heterocycles. The molecule has 0 spiro atoms. The van der Waals surface area contributed by atoms with Crippen LogP contribution in [0.2, 0.25) is 0 Å². The first-order valence-corrected chi connectivity index (χ1v) is 9.29. The zero-order chi connectivity index (χ0) is 15.1. The summed E-state index contributed by atoms with van der Waals surface area (Å²) in [5.41, 5.74) is 0.961. The molecular weight excluding hydrogens is 304 g/mol. The second-order valence-electron chi connectivity index (χ2n) is 4.81. The lowest BCUT2D eigenvalue weighted by Crippen LogP contribution is -2.31. The highest BCUT2D eigenvalue weighted by atomic mass is 32.2. The van der Waals surface area contributed by atoms with Crippen molar-refractivity contribution in [3.05, 3.63) is 57.8 Å². The van der Waals surface area contributed by atoms with Gasteiger partial charge in [-0.25, -0.2) is 13.1 Å². The van der Waals surface area contributed by atoms with Crippen molar-refractivity contribution in [1.82, 2.24) is 10.0 Å². The Bertz CT molecular complexity index is 651.